The zero-order valence-corrected chi connectivity index (χ0v) is 13.9. The third kappa shape index (κ3) is 4.24. The predicted molar refractivity (Wildman–Crippen MR) is 92.3 cm³/mol. The summed E-state index contributed by atoms with van der Waals surface area (Å²) in [6, 6.07) is 9.96. The molecular weight excluding hydrogens is 339 g/mol. The highest BCUT2D eigenvalue weighted by atomic mass is 19.1. The van der Waals surface area contributed by atoms with Crippen LogP contribution >= 0.6 is 0 Å². The van der Waals surface area contributed by atoms with Crippen LogP contribution in [0.4, 0.5) is 14.9 Å². The van der Waals surface area contributed by atoms with Gasteiger partial charge in [0.1, 0.15) is 5.82 Å². The van der Waals surface area contributed by atoms with E-state index in [1.165, 1.54) is 23.8 Å². The molecule has 2 aromatic rings. The molecule has 0 radical (unpaired) electrons. The molecule has 1 aliphatic carbocycles. The molecule has 0 aromatic heterocycles. The van der Waals surface area contributed by atoms with Gasteiger partial charge in [0.2, 0.25) is 0 Å². The lowest BCUT2D eigenvalue weighted by atomic mass is 10.1. The number of carbonyl (C=O) groups excluding carboxylic acids is 3. The fraction of sp³-hybridized carbons (Fsp3) is 0.211. The second-order valence-corrected chi connectivity index (χ2v) is 5.90. The van der Waals surface area contributed by atoms with E-state index < -0.39 is 30.3 Å². The summed E-state index contributed by atoms with van der Waals surface area (Å²) in [4.78, 5) is 35.4. The van der Waals surface area contributed by atoms with Crippen LogP contribution in [0.1, 0.15) is 27.9 Å². The molecule has 0 bridgehead atoms. The topological polar surface area (TPSA) is 84.5 Å². The first-order chi connectivity index (χ1) is 12.5. The Hall–Kier alpha value is -3.22. The Balaban J connectivity index is 1.48. The van der Waals surface area contributed by atoms with Crippen LogP contribution < -0.4 is 10.6 Å². The third-order valence-corrected chi connectivity index (χ3v) is 4.04. The van der Waals surface area contributed by atoms with Crippen LogP contribution in [0.5, 0.6) is 0 Å². The van der Waals surface area contributed by atoms with Crippen LogP contribution in [-0.4, -0.2) is 24.5 Å². The fourth-order valence-corrected chi connectivity index (χ4v) is 2.79. The molecule has 134 valence electrons. The summed E-state index contributed by atoms with van der Waals surface area (Å²) in [5.41, 5.74) is 2.65. The number of nitrogens with one attached hydrogen (secondary N) is 2. The summed E-state index contributed by atoms with van der Waals surface area (Å²) in [7, 11) is 0. The quantitative estimate of drug-likeness (QED) is 0.825. The van der Waals surface area contributed by atoms with Crippen LogP contribution in [0.3, 0.4) is 0 Å². The van der Waals surface area contributed by atoms with Crippen molar-refractivity contribution in [3.8, 4) is 0 Å². The zero-order chi connectivity index (χ0) is 18.5. The van der Waals surface area contributed by atoms with E-state index in [0.29, 0.717) is 5.56 Å². The second-order valence-electron chi connectivity index (χ2n) is 5.90. The predicted octanol–water partition coefficient (Wildman–Crippen LogP) is 2.82. The number of fused-ring (bicyclic) bond motifs is 1. The molecule has 0 saturated heterocycles. The van der Waals surface area contributed by atoms with Gasteiger partial charge >= 0.3 is 12.0 Å². The summed E-state index contributed by atoms with van der Waals surface area (Å²) in [5, 5.41) is 4.17. The largest absolute Gasteiger partial charge is 0.452 e. The van der Waals surface area contributed by atoms with Gasteiger partial charge in [-0.05, 0) is 54.7 Å². The van der Waals surface area contributed by atoms with Crippen molar-refractivity contribution in [1.82, 2.24) is 5.32 Å². The number of rotatable bonds is 4. The number of hydrogen-bond acceptors (Lipinski definition) is 4. The smallest absolute Gasteiger partial charge is 0.338 e. The van der Waals surface area contributed by atoms with Crippen molar-refractivity contribution in [2.75, 3.05) is 11.9 Å². The molecule has 0 unspecified atom stereocenters. The minimum Gasteiger partial charge on any atom is -0.452 e. The van der Waals surface area contributed by atoms with Crippen molar-refractivity contribution < 1.29 is 23.5 Å². The van der Waals surface area contributed by atoms with E-state index in [0.717, 1.165) is 24.8 Å². The molecule has 1 aliphatic rings. The number of aryl methyl sites for hydroxylation is 2. The van der Waals surface area contributed by atoms with Crippen molar-refractivity contribution >= 4 is 23.6 Å². The molecular formula is C19H17FN2O4. The normalized spacial score (nSPS) is 12.2. The minimum absolute atomic E-state index is 0.0621. The van der Waals surface area contributed by atoms with Gasteiger partial charge in [-0.15, -0.1) is 0 Å². The lowest BCUT2D eigenvalue weighted by Crippen LogP contribution is -2.37. The lowest BCUT2D eigenvalue weighted by molar-refractivity contribution is -0.123. The van der Waals surface area contributed by atoms with E-state index in [4.69, 9.17) is 4.74 Å². The summed E-state index contributed by atoms with van der Waals surface area (Å²) >= 11 is 0. The van der Waals surface area contributed by atoms with Crippen LogP contribution in [0, 0.1) is 5.82 Å². The van der Waals surface area contributed by atoms with Crippen molar-refractivity contribution in [1.29, 1.82) is 0 Å². The Bertz CT molecular complexity index is 866. The monoisotopic (exact) mass is 356 g/mol. The number of esters is 1. The third-order valence-electron chi connectivity index (χ3n) is 4.04. The number of benzene rings is 2. The first-order valence-electron chi connectivity index (χ1n) is 8.17. The van der Waals surface area contributed by atoms with Crippen molar-refractivity contribution in [3.05, 3.63) is 65.0 Å². The van der Waals surface area contributed by atoms with Gasteiger partial charge in [0, 0.05) is 0 Å². The number of para-hydroxylation sites is 1. The van der Waals surface area contributed by atoms with Gasteiger partial charge in [0.25, 0.3) is 5.91 Å². The maximum Gasteiger partial charge on any atom is 0.338 e. The summed E-state index contributed by atoms with van der Waals surface area (Å²) in [5.74, 6) is -2.07. The first-order valence-corrected chi connectivity index (χ1v) is 8.17. The molecule has 6 nitrogen and oxygen atoms in total. The highest BCUT2D eigenvalue weighted by molar-refractivity contribution is 6.02. The van der Waals surface area contributed by atoms with Gasteiger partial charge < -0.3 is 10.1 Å². The molecule has 0 atom stereocenters. The number of ether oxygens (including phenoxy) is 1. The number of carbonyl (C=O) groups is 3. The summed E-state index contributed by atoms with van der Waals surface area (Å²) in [6.45, 7) is -0.611. The van der Waals surface area contributed by atoms with Crippen molar-refractivity contribution in [3.63, 3.8) is 0 Å². The number of halogens is 1. The average Bonchev–Trinajstić information content (AvgIpc) is 3.09. The van der Waals surface area contributed by atoms with Crippen LogP contribution in [0.25, 0.3) is 0 Å². The Morgan fingerprint density at radius 2 is 1.81 bits per heavy atom. The van der Waals surface area contributed by atoms with Crippen LogP contribution in [0.2, 0.25) is 0 Å². The SMILES string of the molecule is O=C(COC(=O)c1ccc2c(c1)CCC2)NC(=O)Nc1ccccc1F. The highest BCUT2D eigenvalue weighted by Crippen LogP contribution is 2.23. The summed E-state index contributed by atoms with van der Waals surface area (Å²) in [6.07, 6.45) is 2.99. The maximum absolute atomic E-state index is 13.4. The zero-order valence-electron chi connectivity index (χ0n) is 13.9. The molecule has 2 N–H and O–H groups in total. The van der Waals surface area contributed by atoms with Crippen LogP contribution in [0.15, 0.2) is 42.5 Å². The molecule has 3 amide bonds. The fourth-order valence-electron chi connectivity index (χ4n) is 2.79. The minimum atomic E-state index is -0.909. The molecule has 0 heterocycles. The van der Waals surface area contributed by atoms with E-state index >= 15 is 0 Å². The number of imide groups is 1. The molecule has 7 heteroatoms. The number of hydrogen-bond donors (Lipinski definition) is 2. The van der Waals surface area contributed by atoms with Gasteiger partial charge in [-0.25, -0.2) is 14.0 Å². The Morgan fingerprint density at radius 1 is 1.04 bits per heavy atom. The lowest BCUT2D eigenvalue weighted by Gasteiger charge is -2.08. The van der Waals surface area contributed by atoms with Gasteiger partial charge in [0.05, 0.1) is 11.3 Å². The van der Waals surface area contributed by atoms with E-state index in [1.807, 2.05) is 11.4 Å². The number of anilines is 1. The van der Waals surface area contributed by atoms with Gasteiger partial charge in [-0.1, -0.05) is 18.2 Å². The van der Waals surface area contributed by atoms with E-state index in [1.54, 1.807) is 18.2 Å². The van der Waals surface area contributed by atoms with Gasteiger partial charge in [0.15, 0.2) is 6.61 Å². The number of amides is 3. The summed E-state index contributed by atoms with van der Waals surface area (Å²) < 4.78 is 18.3. The molecule has 26 heavy (non-hydrogen) atoms. The molecule has 0 fully saturated rings. The van der Waals surface area contributed by atoms with Gasteiger partial charge in [-0.2, -0.15) is 0 Å². The molecule has 3 rings (SSSR count). The molecule has 0 aliphatic heterocycles. The van der Waals surface area contributed by atoms with Crippen molar-refractivity contribution in [2.24, 2.45) is 0 Å². The van der Waals surface area contributed by atoms with E-state index in [9.17, 15) is 18.8 Å². The van der Waals surface area contributed by atoms with Gasteiger partial charge in [-0.3, -0.25) is 10.1 Å². The second kappa shape index (κ2) is 7.77. The van der Waals surface area contributed by atoms with Crippen LogP contribution in [-0.2, 0) is 22.4 Å². The Morgan fingerprint density at radius 3 is 2.62 bits per heavy atom. The Labute approximate surface area is 149 Å². The molecule has 0 spiro atoms. The van der Waals surface area contributed by atoms with E-state index in [2.05, 4.69) is 5.32 Å². The standard InChI is InChI=1S/C19H17FN2O4/c20-15-6-1-2-7-16(15)21-19(25)22-17(23)11-26-18(24)14-9-8-12-4-3-5-13(12)10-14/h1-2,6-10H,3-5,11H2,(H2,21,22,23,25). The molecule has 2 aromatic carbocycles. The average molecular weight is 356 g/mol. The highest BCUT2D eigenvalue weighted by Gasteiger charge is 2.16. The molecule has 0 saturated carbocycles. The van der Waals surface area contributed by atoms with Crippen molar-refractivity contribution in [2.45, 2.75) is 19.3 Å². The maximum atomic E-state index is 13.4. The first kappa shape index (κ1) is 17.6. The number of urea groups is 1. The Kier molecular flexibility index (Phi) is 5.26. The van der Waals surface area contributed by atoms with E-state index in [-0.39, 0.29) is 5.69 Å².